The molecule has 5 rings (SSSR count). The van der Waals surface area contributed by atoms with E-state index in [1.54, 1.807) is 18.2 Å². The number of aryl methyl sites for hydroxylation is 1. The maximum Gasteiger partial charge on any atom is 0.347 e. The van der Waals surface area contributed by atoms with Crippen LogP contribution in [0, 0.1) is 0 Å². The van der Waals surface area contributed by atoms with Crippen molar-refractivity contribution in [1.29, 1.82) is 0 Å². The van der Waals surface area contributed by atoms with Crippen LogP contribution < -0.4 is 10.5 Å². The van der Waals surface area contributed by atoms with Crippen molar-refractivity contribution >= 4 is 22.0 Å². The number of rotatable bonds is 3. The second-order valence-corrected chi connectivity index (χ2v) is 7.45. The number of phenolic OH excluding ortho intramolecular Hbond substituents is 1. The van der Waals surface area contributed by atoms with Crippen LogP contribution in [0.25, 0.3) is 33.4 Å². The largest absolute Gasteiger partial charge is 0.507 e. The van der Waals surface area contributed by atoms with E-state index >= 15 is 0 Å². The van der Waals surface area contributed by atoms with E-state index in [1.165, 1.54) is 4.90 Å². The molecule has 1 fully saturated rings. The van der Waals surface area contributed by atoms with Crippen LogP contribution in [-0.2, 0) is 18.3 Å². The molecule has 2 aromatic heterocycles. The van der Waals surface area contributed by atoms with E-state index in [9.17, 15) is 9.90 Å². The number of benzene rings is 2. The molecule has 29 heavy (non-hydrogen) atoms. The number of imidazole rings is 1. The lowest BCUT2D eigenvalue weighted by Crippen LogP contribution is -3.12. The fraction of sp³-hybridized carbons (Fsp3) is 0.273. The van der Waals surface area contributed by atoms with E-state index in [0.717, 1.165) is 29.5 Å². The van der Waals surface area contributed by atoms with Crippen molar-refractivity contribution in [2.45, 2.75) is 6.54 Å². The fourth-order valence-electron chi connectivity index (χ4n) is 4.03. The summed E-state index contributed by atoms with van der Waals surface area (Å²) >= 11 is 0. The Bertz CT molecular complexity index is 1270. The third-order valence-corrected chi connectivity index (χ3v) is 5.64. The van der Waals surface area contributed by atoms with Crippen molar-refractivity contribution in [3.63, 3.8) is 0 Å². The van der Waals surface area contributed by atoms with Gasteiger partial charge in [0.1, 0.15) is 36.8 Å². The Balaban J connectivity index is 1.64. The monoisotopic (exact) mass is 392 g/mol. The quantitative estimate of drug-likeness (QED) is 0.516. The van der Waals surface area contributed by atoms with E-state index < -0.39 is 5.63 Å². The predicted molar refractivity (Wildman–Crippen MR) is 109 cm³/mol. The SMILES string of the molecule is Cn1c(-c2cc3ccc(O)c(C[NH+]4CCOCC4)c3oc2=O)nc2ccccc21. The van der Waals surface area contributed by atoms with Gasteiger partial charge < -0.3 is 23.7 Å². The summed E-state index contributed by atoms with van der Waals surface area (Å²) < 4.78 is 13.0. The molecule has 3 heterocycles. The van der Waals surface area contributed by atoms with Crippen molar-refractivity contribution in [3.05, 3.63) is 58.4 Å². The molecular weight excluding hydrogens is 370 g/mol. The molecule has 2 aromatic carbocycles. The summed E-state index contributed by atoms with van der Waals surface area (Å²) in [6.07, 6.45) is 0. The van der Waals surface area contributed by atoms with E-state index in [-0.39, 0.29) is 5.75 Å². The molecule has 0 aliphatic carbocycles. The molecule has 1 saturated heterocycles. The van der Waals surface area contributed by atoms with Crippen LogP contribution in [0.15, 0.2) is 51.7 Å². The number of phenols is 1. The molecule has 0 bridgehead atoms. The molecule has 7 heteroatoms. The topological polar surface area (TPSA) is 81.9 Å². The summed E-state index contributed by atoms with van der Waals surface area (Å²) in [5, 5.41) is 11.2. The van der Waals surface area contributed by atoms with Gasteiger partial charge in [0.05, 0.1) is 29.8 Å². The summed E-state index contributed by atoms with van der Waals surface area (Å²) in [5.74, 6) is 0.713. The maximum atomic E-state index is 12.9. The predicted octanol–water partition coefficient (Wildman–Crippen LogP) is 1.47. The zero-order chi connectivity index (χ0) is 20.0. The first-order valence-corrected chi connectivity index (χ1v) is 9.73. The van der Waals surface area contributed by atoms with Gasteiger partial charge in [0.2, 0.25) is 0 Å². The van der Waals surface area contributed by atoms with E-state index in [0.29, 0.717) is 42.3 Å². The van der Waals surface area contributed by atoms with Gasteiger partial charge in [-0.1, -0.05) is 12.1 Å². The van der Waals surface area contributed by atoms with E-state index in [1.807, 2.05) is 35.9 Å². The third kappa shape index (κ3) is 3.08. The average molecular weight is 392 g/mol. The van der Waals surface area contributed by atoms with Crippen LogP contribution in [0.4, 0.5) is 0 Å². The number of para-hydroxylation sites is 2. The zero-order valence-corrected chi connectivity index (χ0v) is 16.1. The molecule has 0 amide bonds. The minimum Gasteiger partial charge on any atom is -0.507 e. The maximum absolute atomic E-state index is 12.9. The third-order valence-electron chi connectivity index (χ3n) is 5.64. The Morgan fingerprint density at radius 1 is 1.17 bits per heavy atom. The number of nitrogens with zero attached hydrogens (tertiary/aromatic N) is 2. The van der Waals surface area contributed by atoms with E-state index in [4.69, 9.17) is 9.15 Å². The number of aromatic nitrogens is 2. The molecule has 2 N–H and O–H groups in total. The number of aromatic hydroxyl groups is 1. The summed E-state index contributed by atoms with van der Waals surface area (Å²) in [5.41, 5.74) is 2.83. The average Bonchev–Trinajstić information content (AvgIpc) is 3.07. The Morgan fingerprint density at radius 2 is 1.97 bits per heavy atom. The van der Waals surface area contributed by atoms with Gasteiger partial charge in [-0.2, -0.15) is 0 Å². The molecule has 7 nitrogen and oxygen atoms in total. The smallest absolute Gasteiger partial charge is 0.347 e. The highest BCUT2D eigenvalue weighted by Gasteiger charge is 2.22. The molecule has 0 unspecified atom stereocenters. The second-order valence-electron chi connectivity index (χ2n) is 7.45. The lowest BCUT2D eigenvalue weighted by atomic mass is 10.1. The fourth-order valence-corrected chi connectivity index (χ4v) is 4.03. The summed E-state index contributed by atoms with van der Waals surface area (Å²) in [7, 11) is 1.89. The number of fused-ring (bicyclic) bond motifs is 2. The molecule has 0 atom stereocenters. The normalized spacial score (nSPS) is 15.3. The van der Waals surface area contributed by atoms with Crippen LogP contribution >= 0.6 is 0 Å². The first kappa shape index (κ1) is 17.9. The number of nitrogens with one attached hydrogen (secondary N) is 1. The van der Waals surface area contributed by atoms with Crippen molar-refractivity contribution in [2.24, 2.45) is 7.05 Å². The van der Waals surface area contributed by atoms with Crippen LogP contribution in [0.2, 0.25) is 0 Å². The Labute approximate surface area is 166 Å². The van der Waals surface area contributed by atoms with Gasteiger partial charge in [0, 0.05) is 12.4 Å². The van der Waals surface area contributed by atoms with E-state index in [2.05, 4.69) is 4.98 Å². The second kappa shape index (κ2) is 7.02. The minimum absolute atomic E-state index is 0.148. The standard InChI is InChI=1S/C22H21N3O4/c1-24-18-5-3-2-4-17(18)23-21(24)15-12-14-6-7-19(26)16(20(14)29-22(15)27)13-25-8-10-28-11-9-25/h2-7,12,26H,8-11,13H2,1H3/p+1. The summed E-state index contributed by atoms with van der Waals surface area (Å²) in [4.78, 5) is 18.8. The minimum atomic E-state index is -0.459. The lowest BCUT2D eigenvalue weighted by Gasteiger charge is -2.24. The van der Waals surface area contributed by atoms with Gasteiger partial charge in [-0.15, -0.1) is 0 Å². The molecule has 4 aromatic rings. The zero-order valence-electron chi connectivity index (χ0n) is 16.1. The first-order chi connectivity index (χ1) is 14.1. The van der Waals surface area contributed by atoms with Crippen molar-refractivity contribution < 1.29 is 19.2 Å². The number of quaternary nitrogens is 1. The molecule has 0 saturated carbocycles. The highest BCUT2D eigenvalue weighted by atomic mass is 16.5. The van der Waals surface area contributed by atoms with Crippen molar-refractivity contribution in [1.82, 2.24) is 9.55 Å². The van der Waals surface area contributed by atoms with Crippen LogP contribution in [0.5, 0.6) is 5.75 Å². The number of morpholine rings is 1. The molecular formula is C22H22N3O4+. The van der Waals surface area contributed by atoms with Crippen molar-refractivity contribution in [2.75, 3.05) is 26.3 Å². The number of ether oxygens (including phenoxy) is 1. The Kier molecular flexibility index (Phi) is 4.34. The molecule has 0 radical (unpaired) electrons. The Morgan fingerprint density at radius 3 is 2.76 bits per heavy atom. The summed E-state index contributed by atoms with van der Waals surface area (Å²) in [6, 6.07) is 13.0. The lowest BCUT2D eigenvalue weighted by molar-refractivity contribution is -0.921. The highest BCUT2D eigenvalue weighted by molar-refractivity contribution is 5.86. The van der Waals surface area contributed by atoms with Crippen LogP contribution in [-0.4, -0.2) is 41.0 Å². The highest BCUT2D eigenvalue weighted by Crippen LogP contribution is 2.29. The number of hydrogen-bond donors (Lipinski definition) is 2. The first-order valence-electron chi connectivity index (χ1n) is 9.73. The summed E-state index contributed by atoms with van der Waals surface area (Å²) in [6.45, 7) is 3.69. The molecule has 1 aliphatic heterocycles. The number of hydrogen-bond acceptors (Lipinski definition) is 5. The van der Waals surface area contributed by atoms with Gasteiger partial charge in [-0.05, 0) is 30.3 Å². The van der Waals surface area contributed by atoms with Gasteiger partial charge >= 0.3 is 5.63 Å². The molecule has 1 aliphatic rings. The van der Waals surface area contributed by atoms with Gasteiger partial charge in [0.15, 0.2) is 5.58 Å². The van der Waals surface area contributed by atoms with Gasteiger partial charge in [0.25, 0.3) is 0 Å². The molecule has 0 spiro atoms. The van der Waals surface area contributed by atoms with Gasteiger partial charge in [-0.25, -0.2) is 9.78 Å². The van der Waals surface area contributed by atoms with Crippen LogP contribution in [0.1, 0.15) is 5.56 Å². The van der Waals surface area contributed by atoms with Gasteiger partial charge in [-0.3, -0.25) is 0 Å². The molecule has 148 valence electrons. The van der Waals surface area contributed by atoms with Crippen LogP contribution in [0.3, 0.4) is 0 Å². The Hall–Kier alpha value is -3.16. The van der Waals surface area contributed by atoms with Crippen molar-refractivity contribution in [3.8, 4) is 17.1 Å².